The molecule has 0 saturated heterocycles. The van der Waals surface area contributed by atoms with E-state index in [1.54, 1.807) is 0 Å². The van der Waals surface area contributed by atoms with Crippen molar-refractivity contribution in [1.82, 2.24) is 10.3 Å². The Kier molecular flexibility index (Phi) is 3.88. The second-order valence-corrected chi connectivity index (χ2v) is 3.65. The van der Waals surface area contributed by atoms with Crippen molar-refractivity contribution in [2.45, 2.75) is 13.8 Å². The van der Waals surface area contributed by atoms with Gasteiger partial charge in [-0.05, 0) is 13.8 Å². The molecule has 7 heteroatoms. The molecule has 94 valence electrons. The van der Waals surface area contributed by atoms with Crippen LogP contribution in [0.4, 0.5) is 5.69 Å². The van der Waals surface area contributed by atoms with E-state index < -0.39 is 16.7 Å². The highest BCUT2D eigenvalue weighted by molar-refractivity contribution is 6.10. The minimum absolute atomic E-state index is 0.0150. The van der Waals surface area contributed by atoms with Gasteiger partial charge in [0.2, 0.25) is 0 Å². The Morgan fingerprint density at radius 1 is 1.50 bits per heavy atom. The van der Waals surface area contributed by atoms with Gasteiger partial charge in [0.25, 0.3) is 17.5 Å². The van der Waals surface area contributed by atoms with Crippen LogP contribution in [-0.2, 0) is 4.79 Å². The maximum atomic E-state index is 11.7. The smallest absolute Gasteiger partial charge is 0.288 e. The summed E-state index contributed by atoms with van der Waals surface area (Å²) in [6, 6.07) is 1.07. The molecule has 0 aromatic carbocycles. The molecular weight excluding hydrogens is 238 g/mol. The Labute approximate surface area is 103 Å². The minimum atomic E-state index is -0.739. The Balaban J connectivity index is 3.05. The van der Waals surface area contributed by atoms with Gasteiger partial charge in [0.15, 0.2) is 0 Å². The Morgan fingerprint density at radius 2 is 2.11 bits per heavy atom. The average Bonchev–Trinajstić information content (AvgIpc) is 2.28. The number of nitro groups is 1. The van der Waals surface area contributed by atoms with Crippen LogP contribution in [0.25, 0.3) is 0 Å². The molecule has 0 radical (unpaired) electrons. The zero-order valence-electron chi connectivity index (χ0n) is 9.89. The maximum Gasteiger partial charge on any atom is 0.288 e. The molecule has 0 aliphatic heterocycles. The molecule has 0 atom stereocenters. The number of carbonyl (C=O) groups is 2. The van der Waals surface area contributed by atoms with Crippen molar-refractivity contribution in [2.24, 2.45) is 0 Å². The van der Waals surface area contributed by atoms with E-state index in [4.69, 9.17) is 0 Å². The summed E-state index contributed by atoms with van der Waals surface area (Å²) in [6.45, 7) is 6.35. The zero-order valence-corrected chi connectivity index (χ0v) is 9.89. The SMILES string of the molecule is C=C(C)C(=O)NC(=O)c1cc([N+](=O)[O-])cnc1C. The van der Waals surface area contributed by atoms with Gasteiger partial charge in [-0.15, -0.1) is 0 Å². The van der Waals surface area contributed by atoms with Crippen molar-refractivity contribution in [2.75, 3.05) is 0 Å². The van der Waals surface area contributed by atoms with Crippen molar-refractivity contribution < 1.29 is 14.5 Å². The quantitative estimate of drug-likeness (QED) is 0.491. The lowest BCUT2D eigenvalue weighted by Gasteiger charge is -2.05. The number of aromatic nitrogens is 1. The van der Waals surface area contributed by atoms with Crippen molar-refractivity contribution >= 4 is 17.5 Å². The van der Waals surface area contributed by atoms with Crippen LogP contribution in [0, 0.1) is 17.0 Å². The summed E-state index contributed by atoms with van der Waals surface area (Å²) in [7, 11) is 0. The highest BCUT2D eigenvalue weighted by Gasteiger charge is 2.17. The predicted molar refractivity (Wildman–Crippen MR) is 62.9 cm³/mol. The standard InChI is InChI=1S/C11H11N3O4/c1-6(2)10(15)13-11(16)9-4-8(14(17)18)5-12-7(9)3/h4-5H,1H2,2-3H3,(H,13,15,16). The first-order valence-corrected chi connectivity index (χ1v) is 4.95. The van der Waals surface area contributed by atoms with E-state index in [-0.39, 0.29) is 16.8 Å². The van der Waals surface area contributed by atoms with Crippen molar-refractivity contribution in [3.63, 3.8) is 0 Å². The van der Waals surface area contributed by atoms with Gasteiger partial charge in [0.05, 0.1) is 16.2 Å². The molecule has 7 nitrogen and oxygen atoms in total. The molecule has 0 aliphatic rings. The third-order valence-corrected chi connectivity index (χ3v) is 2.14. The third-order valence-electron chi connectivity index (χ3n) is 2.14. The second-order valence-electron chi connectivity index (χ2n) is 3.65. The number of nitrogens with one attached hydrogen (secondary N) is 1. The first kappa shape index (κ1) is 13.5. The number of pyridine rings is 1. The first-order chi connectivity index (χ1) is 8.32. The van der Waals surface area contributed by atoms with Crippen LogP contribution >= 0.6 is 0 Å². The van der Waals surface area contributed by atoms with Crippen LogP contribution in [-0.4, -0.2) is 21.7 Å². The number of imide groups is 1. The van der Waals surface area contributed by atoms with Gasteiger partial charge in [-0.3, -0.25) is 30.0 Å². The first-order valence-electron chi connectivity index (χ1n) is 4.95. The summed E-state index contributed by atoms with van der Waals surface area (Å²) in [5, 5.41) is 12.6. The van der Waals surface area contributed by atoms with Gasteiger partial charge in [-0.25, -0.2) is 0 Å². The van der Waals surface area contributed by atoms with Crippen LogP contribution in [0.2, 0.25) is 0 Å². The second kappa shape index (κ2) is 5.17. The van der Waals surface area contributed by atoms with E-state index in [0.717, 1.165) is 12.3 Å². The summed E-state index contributed by atoms with van der Waals surface area (Å²) < 4.78 is 0. The molecule has 0 unspecified atom stereocenters. The highest BCUT2D eigenvalue weighted by atomic mass is 16.6. The van der Waals surface area contributed by atoms with Gasteiger partial charge >= 0.3 is 0 Å². The number of aryl methyl sites for hydroxylation is 1. The fraction of sp³-hybridized carbons (Fsp3) is 0.182. The molecule has 0 saturated carbocycles. The molecular formula is C11H11N3O4. The van der Waals surface area contributed by atoms with Crippen molar-refractivity contribution in [3.05, 3.63) is 45.8 Å². The van der Waals surface area contributed by atoms with E-state index in [1.807, 2.05) is 0 Å². The molecule has 1 aromatic rings. The van der Waals surface area contributed by atoms with Gasteiger partial charge in [0, 0.05) is 11.6 Å². The molecule has 0 bridgehead atoms. The molecule has 0 spiro atoms. The lowest BCUT2D eigenvalue weighted by Crippen LogP contribution is -2.31. The van der Waals surface area contributed by atoms with Crippen LogP contribution < -0.4 is 5.32 Å². The van der Waals surface area contributed by atoms with Crippen LogP contribution in [0.1, 0.15) is 23.0 Å². The van der Waals surface area contributed by atoms with E-state index in [1.165, 1.54) is 13.8 Å². The Bertz CT molecular complexity index is 551. The number of carbonyl (C=O) groups excluding carboxylic acids is 2. The molecule has 2 amide bonds. The molecule has 0 fully saturated rings. The topological polar surface area (TPSA) is 102 Å². The third kappa shape index (κ3) is 2.97. The minimum Gasteiger partial charge on any atom is -0.288 e. The molecule has 1 rings (SSSR count). The number of hydrogen-bond acceptors (Lipinski definition) is 5. The van der Waals surface area contributed by atoms with Crippen molar-refractivity contribution in [3.8, 4) is 0 Å². The summed E-state index contributed by atoms with van der Waals surface area (Å²) in [5.41, 5.74) is 0.138. The zero-order chi connectivity index (χ0) is 13.9. The lowest BCUT2D eigenvalue weighted by atomic mass is 10.1. The van der Waals surface area contributed by atoms with Gasteiger partial charge < -0.3 is 0 Å². The largest absolute Gasteiger partial charge is 0.288 e. The van der Waals surface area contributed by atoms with E-state index in [2.05, 4.69) is 16.9 Å². The van der Waals surface area contributed by atoms with Crippen molar-refractivity contribution in [1.29, 1.82) is 0 Å². The van der Waals surface area contributed by atoms with E-state index in [0.29, 0.717) is 5.69 Å². The normalized spacial score (nSPS) is 9.67. The Morgan fingerprint density at radius 3 is 2.61 bits per heavy atom. The molecule has 0 aliphatic carbocycles. The summed E-state index contributed by atoms with van der Waals surface area (Å²) >= 11 is 0. The highest BCUT2D eigenvalue weighted by Crippen LogP contribution is 2.14. The number of rotatable bonds is 3. The summed E-state index contributed by atoms with van der Waals surface area (Å²) in [4.78, 5) is 36.6. The molecule has 18 heavy (non-hydrogen) atoms. The van der Waals surface area contributed by atoms with E-state index >= 15 is 0 Å². The molecule has 1 N–H and O–H groups in total. The average molecular weight is 249 g/mol. The van der Waals surface area contributed by atoms with Gasteiger partial charge in [-0.2, -0.15) is 0 Å². The van der Waals surface area contributed by atoms with Gasteiger partial charge in [0.1, 0.15) is 6.20 Å². The van der Waals surface area contributed by atoms with Gasteiger partial charge in [-0.1, -0.05) is 6.58 Å². The van der Waals surface area contributed by atoms with Crippen LogP contribution in [0.5, 0.6) is 0 Å². The number of hydrogen-bond donors (Lipinski definition) is 1. The summed E-state index contributed by atoms with van der Waals surface area (Å²) in [5.74, 6) is -1.37. The maximum absolute atomic E-state index is 11.7. The molecule has 1 aromatic heterocycles. The number of amides is 2. The Hall–Kier alpha value is -2.57. The monoisotopic (exact) mass is 249 g/mol. The summed E-state index contributed by atoms with van der Waals surface area (Å²) in [6.07, 6.45) is 1.05. The lowest BCUT2D eigenvalue weighted by molar-refractivity contribution is -0.385. The predicted octanol–water partition coefficient (Wildman–Crippen LogP) is 1.13. The van der Waals surface area contributed by atoms with Crippen LogP contribution in [0.15, 0.2) is 24.4 Å². The van der Waals surface area contributed by atoms with E-state index in [9.17, 15) is 19.7 Å². The fourth-order valence-electron chi connectivity index (χ4n) is 1.13. The number of nitrogens with zero attached hydrogens (tertiary/aromatic N) is 2. The fourth-order valence-corrected chi connectivity index (χ4v) is 1.13. The van der Waals surface area contributed by atoms with Crippen LogP contribution in [0.3, 0.4) is 0 Å². The molecule has 1 heterocycles.